The molecule has 2 nitrogen and oxygen atoms in total. The minimum Gasteiger partial charge on any atom is -0.291 e. The first-order valence-corrected chi connectivity index (χ1v) is 4.34. The normalized spacial score (nSPS) is 13.3. The lowest BCUT2D eigenvalue weighted by molar-refractivity contribution is 1.07. The Balaban J connectivity index is 4.54. The third-order valence-corrected chi connectivity index (χ3v) is 1.79. The molecular formula is C10H18N2. The van der Waals surface area contributed by atoms with Gasteiger partial charge in [0.15, 0.2) is 0 Å². The van der Waals surface area contributed by atoms with Gasteiger partial charge in [0.25, 0.3) is 0 Å². The number of hydrogen-bond acceptors (Lipinski definition) is 2. The van der Waals surface area contributed by atoms with E-state index in [1.165, 1.54) is 0 Å². The van der Waals surface area contributed by atoms with Gasteiger partial charge in [-0.15, -0.1) is 0 Å². The molecule has 0 heterocycles. The molecule has 0 fully saturated rings. The Bertz CT molecular complexity index is 212. The fraction of sp³-hybridized carbons (Fsp3) is 0.600. The van der Waals surface area contributed by atoms with Gasteiger partial charge in [0.1, 0.15) is 0 Å². The molecule has 0 aromatic carbocycles. The van der Waals surface area contributed by atoms with Crippen LogP contribution in [0, 0.1) is 0 Å². The molecule has 0 unspecified atom stereocenters. The number of hydrogen-bond donors (Lipinski definition) is 0. The summed E-state index contributed by atoms with van der Waals surface area (Å²) in [7, 11) is 1.79. The summed E-state index contributed by atoms with van der Waals surface area (Å²) in [6, 6.07) is 0. The Labute approximate surface area is 75.1 Å². The van der Waals surface area contributed by atoms with E-state index in [0.29, 0.717) is 0 Å². The highest BCUT2D eigenvalue weighted by Crippen LogP contribution is 2.01. The second-order valence-electron chi connectivity index (χ2n) is 2.64. The number of nitrogens with zero attached hydrogens (tertiary/aromatic N) is 2. The zero-order valence-electron chi connectivity index (χ0n) is 8.52. The average molecular weight is 166 g/mol. The lowest BCUT2D eigenvalue weighted by atomic mass is 10.2. The molecule has 0 saturated heterocycles. The van der Waals surface area contributed by atoms with E-state index in [0.717, 1.165) is 30.0 Å². The Kier molecular flexibility index (Phi) is 5.26. The zero-order chi connectivity index (χ0) is 9.56. The van der Waals surface area contributed by atoms with E-state index in [1.54, 1.807) is 7.05 Å². The summed E-state index contributed by atoms with van der Waals surface area (Å²) in [5.41, 5.74) is 2.98. The highest BCUT2D eigenvalue weighted by atomic mass is 14.8. The van der Waals surface area contributed by atoms with Crippen LogP contribution in [0.3, 0.4) is 0 Å². The second-order valence-corrected chi connectivity index (χ2v) is 2.64. The molecule has 0 spiro atoms. The summed E-state index contributed by atoms with van der Waals surface area (Å²) in [5.74, 6) is 0. The van der Waals surface area contributed by atoms with Crippen molar-refractivity contribution >= 4 is 11.4 Å². The van der Waals surface area contributed by atoms with Gasteiger partial charge in [-0.2, -0.15) is 0 Å². The van der Waals surface area contributed by atoms with E-state index in [1.807, 2.05) is 6.92 Å². The summed E-state index contributed by atoms with van der Waals surface area (Å²) < 4.78 is 0. The van der Waals surface area contributed by atoms with Crippen LogP contribution in [-0.4, -0.2) is 18.5 Å². The van der Waals surface area contributed by atoms with E-state index < -0.39 is 0 Å². The molecule has 0 saturated carbocycles. The van der Waals surface area contributed by atoms with Crippen molar-refractivity contribution in [2.24, 2.45) is 9.98 Å². The highest BCUT2D eigenvalue weighted by Gasteiger charge is 1.99. The van der Waals surface area contributed by atoms with Crippen LogP contribution in [0.5, 0.6) is 0 Å². The smallest absolute Gasteiger partial charge is 0.0610 e. The van der Waals surface area contributed by atoms with Gasteiger partial charge in [0, 0.05) is 12.7 Å². The molecule has 2 heteroatoms. The molecule has 0 aromatic rings. The Hall–Kier alpha value is -0.920. The molecule has 0 rings (SSSR count). The predicted octanol–water partition coefficient (Wildman–Crippen LogP) is 2.85. The number of aliphatic imine (C=N–C) groups is 2. The van der Waals surface area contributed by atoms with Crippen LogP contribution in [0.25, 0.3) is 0 Å². The third kappa shape index (κ3) is 3.46. The number of allylic oxidation sites excluding steroid dienone is 1. The summed E-state index contributed by atoms with van der Waals surface area (Å²) in [4.78, 5) is 8.47. The third-order valence-electron chi connectivity index (χ3n) is 1.79. The first-order valence-electron chi connectivity index (χ1n) is 4.34. The maximum Gasteiger partial charge on any atom is 0.0610 e. The minimum absolute atomic E-state index is 0.903. The summed E-state index contributed by atoms with van der Waals surface area (Å²) >= 11 is 0. The van der Waals surface area contributed by atoms with E-state index >= 15 is 0 Å². The summed E-state index contributed by atoms with van der Waals surface area (Å²) in [6.45, 7) is 9.95. The van der Waals surface area contributed by atoms with Crippen molar-refractivity contribution in [3.05, 3.63) is 12.3 Å². The summed E-state index contributed by atoms with van der Waals surface area (Å²) in [6.07, 6.45) is 1.82. The molecule has 0 amide bonds. The van der Waals surface area contributed by atoms with Gasteiger partial charge in [0.05, 0.1) is 11.4 Å². The minimum atomic E-state index is 0.903. The van der Waals surface area contributed by atoms with Crippen molar-refractivity contribution in [3.63, 3.8) is 0 Å². The van der Waals surface area contributed by atoms with Crippen molar-refractivity contribution < 1.29 is 0 Å². The topological polar surface area (TPSA) is 24.7 Å². The molecule has 68 valence electrons. The van der Waals surface area contributed by atoms with Gasteiger partial charge in [0.2, 0.25) is 0 Å². The first-order chi connectivity index (χ1) is 5.65. The van der Waals surface area contributed by atoms with Gasteiger partial charge in [-0.05, 0) is 19.8 Å². The molecule has 0 aliphatic carbocycles. The van der Waals surface area contributed by atoms with Gasteiger partial charge in [-0.3, -0.25) is 9.98 Å². The molecule has 0 aliphatic heterocycles. The van der Waals surface area contributed by atoms with Gasteiger partial charge in [-0.25, -0.2) is 0 Å². The molecule has 0 bridgehead atoms. The first kappa shape index (κ1) is 11.1. The van der Waals surface area contributed by atoms with E-state index in [9.17, 15) is 0 Å². The molecule has 0 N–H and O–H groups in total. The maximum atomic E-state index is 4.38. The van der Waals surface area contributed by atoms with Crippen molar-refractivity contribution in [1.29, 1.82) is 0 Å². The molecule has 0 aromatic heterocycles. The van der Waals surface area contributed by atoms with Crippen molar-refractivity contribution in [2.75, 3.05) is 7.05 Å². The van der Waals surface area contributed by atoms with Crippen LogP contribution in [0.1, 0.15) is 33.6 Å². The van der Waals surface area contributed by atoms with Crippen LogP contribution in [0.4, 0.5) is 0 Å². The molecule has 12 heavy (non-hydrogen) atoms. The Morgan fingerprint density at radius 3 is 2.17 bits per heavy atom. The van der Waals surface area contributed by atoms with Crippen LogP contribution in [0.15, 0.2) is 22.3 Å². The Morgan fingerprint density at radius 1 is 1.25 bits per heavy atom. The largest absolute Gasteiger partial charge is 0.291 e. The van der Waals surface area contributed by atoms with Gasteiger partial charge in [-0.1, -0.05) is 20.4 Å². The lowest BCUT2D eigenvalue weighted by Gasteiger charge is -2.02. The second kappa shape index (κ2) is 5.70. The Morgan fingerprint density at radius 2 is 1.83 bits per heavy atom. The van der Waals surface area contributed by atoms with Crippen molar-refractivity contribution in [2.45, 2.75) is 33.6 Å². The number of rotatable bonds is 4. The van der Waals surface area contributed by atoms with Crippen molar-refractivity contribution in [3.8, 4) is 0 Å². The quantitative estimate of drug-likeness (QED) is 0.574. The molecule has 0 radical (unpaired) electrons. The predicted molar refractivity (Wildman–Crippen MR) is 56.2 cm³/mol. The SMILES string of the molecule is C=C(CC)/N=C(CC)/C(C)=N/C. The summed E-state index contributed by atoms with van der Waals surface area (Å²) in [5, 5.41) is 0. The van der Waals surface area contributed by atoms with Crippen LogP contribution in [-0.2, 0) is 0 Å². The van der Waals surface area contributed by atoms with Gasteiger partial charge < -0.3 is 0 Å². The molecule has 0 atom stereocenters. The lowest BCUT2D eigenvalue weighted by Crippen LogP contribution is -2.09. The molecular weight excluding hydrogens is 148 g/mol. The monoisotopic (exact) mass is 166 g/mol. The fourth-order valence-corrected chi connectivity index (χ4v) is 0.815. The molecule has 0 aliphatic rings. The standard InChI is InChI=1S/C10H18N2/c1-6-8(3)12-10(7-2)9(4)11-5/h3,6-7H2,1-2,4-5H3/b11-9+,12-10+. The average Bonchev–Trinajstić information content (AvgIpc) is 2.12. The van der Waals surface area contributed by atoms with Crippen LogP contribution < -0.4 is 0 Å². The van der Waals surface area contributed by atoms with Crippen LogP contribution in [0.2, 0.25) is 0 Å². The van der Waals surface area contributed by atoms with E-state index in [-0.39, 0.29) is 0 Å². The maximum absolute atomic E-state index is 4.38. The van der Waals surface area contributed by atoms with Crippen molar-refractivity contribution in [1.82, 2.24) is 0 Å². The van der Waals surface area contributed by atoms with Crippen LogP contribution >= 0.6 is 0 Å². The zero-order valence-corrected chi connectivity index (χ0v) is 8.52. The van der Waals surface area contributed by atoms with E-state index in [4.69, 9.17) is 0 Å². The fourth-order valence-electron chi connectivity index (χ4n) is 0.815. The van der Waals surface area contributed by atoms with Gasteiger partial charge >= 0.3 is 0 Å². The highest BCUT2D eigenvalue weighted by molar-refractivity contribution is 6.41. The van der Waals surface area contributed by atoms with E-state index in [2.05, 4.69) is 30.4 Å².